The van der Waals surface area contributed by atoms with Gasteiger partial charge < -0.3 is 10.4 Å². The summed E-state index contributed by atoms with van der Waals surface area (Å²) in [4.78, 5) is 0. The van der Waals surface area contributed by atoms with E-state index in [1.165, 1.54) is 0 Å². The predicted molar refractivity (Wildman–Crippen MR) is 55.7 cm³/mol. The molecule has 0 aromatic carbocycles. The molecule has 1 fully saturated rings. The molecule has 0 aromatic heterocycles. The van der Waals surface area contributed by atoms with Crippen molar-refractivity contribution in [2.45, 2.75) is 58.1 Å². The standard InChI is InChI=1S/C11H23NO/c1-10(2,3)11(13)7-5-9(12-4)6-8-11/h9,12-13H,5-8H2,1-4H3. The van der Waals surface area contributed by atoms with Crippen molar-refractivity contribution >= 4 is 0 Å². The lowest BCUT2D eigenvalue weighted by molar-refractivity contribution is -0.0886. The lowest BCUT2D eigenvalue weighted by Gasteiger charge is -2.45. The first-order chi connectivity index (χ1) is 5.89. The highest BCUT2D eigenvalue weighted by molar-refractivity contribution is 4.95. The summed E-state index contributed by atoms with van der Waals surface area (Å²) >= 11 is 0. The molecule has 1 rings (SSSR count). The molecular weight excluding hydrogens is 162 g/mol. The molecule has 0 amide bonds. The molecule has 0 aromatic rings. The van der Waals surface area contributed by atoms with Crippen LogP contribution in [-0.4, -0.2) is 23.8 Å². The topological polar surface area (TPSA) is 32.3 Å². The quantitative estimate of drug-likeness (QED) is 0.654. The van der Waals surface area contributed by atoms with Crippen LogP contribution < -0.4 is 5.32 Å². The van der Waals surface area contributed by atoms with E-state index in [1.54, 1.807) is 0 Å². The molecule has 78 valence electrons. The van der Waals surface area contributed by atoms with Crippen molar-refractivity contribution in [3.63, 3.8) is 0 Å². The molecule has 0 heterocycles. The number of hydrogen-bond acceptors (Lipinski definition) is 2. The summed E-state index contributed by atoms with van der Waals surface area (Å²) < 4.78 is 0. The van der Waals surface area contributed by atoms with Crippen molar-refractivity contribution in [2.24, 2.45) is 5.41 Å². The molecule has 0 spiro atoms. The molecule has 0 radical (unpaired) electrons. The van der Waals surface area contributed by atoms with Crippen molar-refractivity contribution in [1.82, 2.24) is 5.32 Å². The van der Waals surface area contributed by atoms with E-state index < -0.39 is 5.60 Å². The lowest BCUT2D eigenvalue weighted by Crippen LogP contribution is -2.48. The van der Waals surface area contributed by atoms with Crippen LogP contribution in [0.15, 0.2) is 0 Å². The molecule has 1 aliphatic rings. The lowest BCUT2D eigenvalue weighted by atomic mass is 9.67. The monoisotopic (exact) mass is 185 g/mol. The Morgan fingerprint density at radius 2 is 1.69 bits per heavy atom. The van der Waals surface area contributed by atoms with E-state index in [0.29, 0.717) is 6.04 Å². The Morgan fingerprint density at radius 3 is 2.00 bits per heavy atom. The van der Waals surface area contributed by atoms with Gasteiger partial charge in [-0.15, -0.1) is 0 Å². The Morgan fingerprint density at radius 1 is 1.23 bits per heavy atom. The molecule has 2 nitrogen and oxygen atoms in total. The second kappa shape index (κ2) is 3.58. The Hall–Kier alpha value is -0.0800. The van der Waals surface area contributed by atoms with Gasteiger partial charge in [-0.2, -0.15) is 0 Å². The summed E-state index contributed by atoms with van der Waals surface area (Å²) in [6.45, 7) is 6.39. The van der Waals surface area contributed by atoms with E-state index >= 15 is 0 Å². The maximum Gasteiger partial charge on any atom is 0.0697 e. The zero-order valence-electron chi connectivity index (χ0n) is 9.35. The number of rotatable bonds is 1. The minimum Gasteiger partial charge on any atom is -0.389 e. The molecular formula is C11H23NO. The average Bonchev–Trinajstić information content (AvgIpc) is 2.04. The van der Waals surface area contributed by atoms with Crippen LogP contribution in [0.3, 0.4) is 0 Å². The van der Waals surface area contributed by atoms with Gasteiger partial charge in [-0.3, -0.25) is 0 Å². The van der Waals surface area contributed by atoms with Gasteiger partial charge in [-0.1, -0.05) is 20.8 Å². The Balaban J connectivity index is 2.57. The van der Waals surface area contributed by atoms with Crippen LogP contribution in [0, 0.1) is 5.41 Å². The second-order valence-electron chi connectivity index (χ2n) is 5.34. The highest BCUT2D eigenvalue weighted by atomic mass is 16.3. The van der Waals surface area contributed by atoms with Crippen LogP contribution >= 0.6 is 0 Å². The Bertz CT molecular complexity index is 163. The van der Waals surface area contributed by atoms with Crippen LogP contribution in [0.1, 0.15) is 46.5 Å². The minimum absolute atomic E-state index is 0.0196. The first kappa shape index (κ1) is 11.0. The van der Waals surface area contributed by atoms with Gasteiger partial charge >= 0.3 is 0 Å². The van der Waals surface area contributed by atoms with Crippen LogP contribution in [0.2, 0.25) is 0 Å². The molecule has 1 saturated carbocycles. The van der Waals surface area contributed by atoms with Gasteiger partial charge in [0.15, 0.2) is 0 Å². The molecule has 2 heteroatoms. The maximum absolute atomic E-state index is 10.4. The minimum atomic E-state index is -0.444. The van der Waals surface area contributed by atoms with Gasteiger partial charge in [0.05, 0.1) is 5.60 Å². The van der Waals surface area contributed by atoms with Gasteiger partial charge in [0.25, 0.3) is 0 Å². The first-order valence-corrected chi connectivity index (χ1v) is 5.29. The fraction of sp³-hybridized carbons (Fsp3) is 1.00. The molecule has 0 saturated heterocycles. The summed E-state index contributed by atoms with van der Waals surface area (Å²) in [7, 11) is 2.01. The van der Waals surface area contributed by atoms with Crippen molar-refractivity contribution in [3.8, 4) is 0 Å². The van der Waals surface area contributed by atoms with Gasteiger partial charge in [-0.25, -0.2) is 0 Å². The number of aliphatic hydroxyl groups is 1. The van der Waals surface area contributed by atoms with E-state index in [1.807, 2.05) is 7.05 Å². The van der Waals surface area contributed by atoms with Crippen molar-refractivity contribution in [1.29, 1.82) is 0 Å². The molecule has 1 aliphatic carbocycles. The third-order valence-electron chi connectivity index (χ3n) is 3.62. The fourth-order valence-corrected chi connectivity index (χ4v) is 2.13. The molecule has 0 unspecified atom stereocenters. The third kappa shape index (κ3) is 2.23. The van der Waals surface area contributed by atoms with E-state index in [9.17, 15) is 5.11 Å². The fourth-order valence-electron chi connectivity index (χ4n) is 2.13. The second-order valence-corrected chi connectivity index (χ2v) is 5.34. The maximum atomic E-state index is 10.4. The van der Waals surface area contributed by atoms with Crippen LogP contribution in [0.25, 0.3) is 0 Å². The van der Waals surface area contributed by atoms with E-state index in [2.05, 4.69) is 26.1 Å². The van der Waals surface area contributed by atoms with Crippen molar-refractivity contribution in [3.05, 3.63) is 0 Å². The van der Waals surface area contributed by atoms with Gasteiger partial charge in [0, 0.05) is 6.04 Å². The highest BCUT2D eigenvalue weighted by Crippen LogP contribution is 2.41. The molecule has 0 aliphatic heterocycles. The summed E-state index contributed by atoms with van der Waals surface area (Å²) in [5.74, 6) is 0. The summed E-state index contributed by atoms with van der Waals surface area (Å²) in [5, 5.41) is 13.7. The molecule has 13 heavy (non-hydrogen) atoms. The van der Waals surface area contributed by atoms with Gasteiger partial charge in [0.2, 0.25) is 0 Å². The Kier molecular flexibility index (Phi) is 3.03. The number of nitrogens with one attached hydrogen (secondary N) is 1. The van der Waals surface area contributed by atoms with Crippen LogP contribution in [-0.2, 0) is 0 Å². The highest BCUT2D eigenvalue weighted by Gasteiger charge is 2.42. The summed E-state index contributed by atoms with van der Waals surface area (Å²) in [6.07, 6.45) is 4.07. The van der Waals surface area contributed by atoms with Crippen LogP contribution in [0.5, 0.6) is 0 Å². The third-order valence-corrected chi connectivity index (χ3v) is 3.62. The largest absolute Gasteiger partial charge is 0.389 e. The molecule has 2 N–H and O–H groups in total. The smallest absolute Gasteiger partial charge is 0.0697 e. The Labute approximate surface area is 81.7 Å². The first-order valence-electron chi connectivity index (χ1n) is 5.29. The van der Waals surface area contributed by atoms with E-state index in [4.69, 9.17) is 0 Å². The predicted octanol–water partition coefficient (Wildman–Crippen LogP) is 1.93. The average molecular weight is 185 g/mol. The SMILES string of the molecule is CNC1CCC(O)(C(C)(C)C)CC1. The summed E-state index contributed by atoms with van der Waals surface area (Å²) in [6, 6.07) is 0.614. The van der Waals surface area contributed by atoms with E-state index in [0.717, 1.165) is 25.7 Å². The summed E-state index contributed by atoms with van der Waals surface area (Å²) in [5.41, 5.74) is -0.425. The van der Waals surface area contributed by atoms with E-state index in [-0.39, 0.29) is 5.41 Å². The zero-order chi connectivity index (χ0) is 10.1. The molecule has 0 atom stereocenters. The normalized spacial score (nSPS) is 36.2. The number of hydrogen-bond donors (Lipinski definition) is 2. The van der Waals surface area contributed by atoms with Crippen molar-refractivity contribution in [2.75, 3.05) is 7.05 Å². The van der Waals surface area contributed by atoms with Gasteiger partial charge in [0.1, 0.15) is 0 Å². The van der Waals surface area contributed by atoms with Gasteiger partial charge in [-0.05, 0) is 38.1 Å². The zero-order valence-corrected chi connectivity index (χ0v) is 9.35. The van der Waals surface area contributed by atoms with Crippen molar-refractivity contribution < 1.29 is 5.11 Å². The molecule has 0 bridgehead atoms. The van der Waals surface area contributed by atoms with Crippen LogP contribution in [0.4, 0.5) is 0 Å².